The number of halogens is 1. The number of primary amides is 1. The molecule has 0 saturated carbocycles. The van der Waals surface area contributed by atoms with Crippen LogP contribution in [0.25, 0.3) is 0 Å². The molecule has 0 spiro atoms. The first-order valence-electron chi connectivity index (χ1n) is 5.43. The Morgan fingerprint density at radius 2 is 1.83 bits per heavy atom. The van der Waals surface area contributed by atoms with Crippen LogP contribution in [0, 0.1) is 0 Å². The fourth-order valence-electron chi connectivity index (χ4n) is 1.37. The number of hydrogen-bond donors (Lipinski definition) is 3. The van der Waals surface area contributed by atoms with Crippen LogP contribution < -0.4 is 16.4 Å². The van der Waals surface area contributed by atoms with Crippen LogP contribution >= 0.6 is 12.4 Å². The molecule has 4 N–H and O–H groups in total. The molecule has 18 heavy (non-hydrogen) atoms. The number of hydrogen-bond acceptors (Lipinski definition) is 3. The van der Waals surface area contributed by atoms with Crippen molar-refractivity contribution in [3.63, 3.8) is 0 Å². The van der Waals surface area contributed by atoms with E-state index in [2.05, 4.69) is 10.6 Å². The summed E-state index contributed by atoms with van der Waals surface area (Å²) in [7, 11) is 1.80. The number of carbonyl (C=O) groups is 2. The molecule has 1 aromatic carbocycles. The fourth-order valence-corrected chi connectivity index (χ4v) is 1.37. The van der Waals surface area contributed by atoms with Crippen molar-refractivity contribution in [2.45, 2.75) is 12.8 Å². The van der Waals surface area contributed by atoms with Crippen molar-refractivity contribution >= 4 is 29.9 Å². The van der Waals surface area contributed by atoms with Crippen LogP contribution in [-0.2, 0) is 16.0 Å². The zero-order valence-corrected chi connectivity index (χ0v) is 11.0. The molecule has 0 aliphatic heterocycles. The third-order valence-electron chi connectivity index (χ3n) is 2.22. The molecule has 0 unspecified atom stereocenters. The van der Waals surface area contributed by atoms with Crippen LogP contribution in [0.4, 0.5) is 5.69 Å². The van der Waals surface area contributed by atoms with Gasteiger partial charge in [-0.15, -0.1) is 12.4 Å². The van der Waals surface area contributed by atoms with E-state index in [0.717, 1.165) is 11.3 Å². The first-order chi connectivity index (χ1) is 8.11. The summed E-state index contributed by atoms with van der Waals surface area (Å²) < 4.78 is 0. The highest BCUT2D eigenvalue weighted by atomic mass is 35.5. The zero-order valence-electron chi connectivity index (χ0n) is 10.2. The van der Waals surface area contributed by atoms with Gasteiger partial charge in [0.1, 0.15) is 0 Å². The molecule has 0 aliphatic carbocycles. The minimum Gasteiger partial charge on any atom is -0.369 e. The van der Waals surface area contributed by atoms with Crippen LogP contribution in [-0.4, -0.2) is 25.4 Å². The molecule has 1 rings (SSSR count). The predicted octanol–water partition coefficient (Wildman–Crippen LogP) is 0.684. The summed E-state index contributed by atoms with van der Waals surface area (Å²) in [6.07, 6.45) is 0.646. The minimum absolute atomic E-state index is 0. The van der Waals surface area contributed by atoms with E-state index >= 15 is 0 Å². The number of nitrogens with one attached hydrogen (secondary N) is 2. The van der Waals surface area contributed by atoms with E-state index in [0.29, 0.717) is 13.0 Å². The summed E-state index contributed by atoms with van der Waals surface area (Å²) in [5, 5.41) is 5.67. The van der Waals surface area contributed by atoms with Gasteiger partial charge >= 0.3 is 0 Å². The van der Waals surface area contributed by atoms with Crippen molar-refractivity contribution in [2.75, 3.05) is 18.9 Å². The molecule has 5 nitrogen and oxygen atoms in total. The average Bonchev–Trinajstić information content (AvgIpc) is 2.28. The lowest BCUT2D eigenvalue weighted by Gasteiger charge is -2.05. The largest absolute Gasteiger partial charge is 0.369 e. The van der Waals surface area contributed by atoms with Crippen molar-refractivity contribution in [3.8, 4) is 0 Å². The number of rotatable bonds is 6. The van der Waals surface area contributed by atoms with Crippen LogP contribution in [0.1, 0.15) is 12.0 Å². The van der Waals surface area contributed by atoms with Gasteiger partial charge in [-0.2, -0.15) is 0 Å². The maximum absolute atomic E-state index is 11.4. The Kier molecular flexibility index (Phi) is 7.74. The Morgan fingerprint density at radius 3 is 2.33 bits per heavy atom. The first kappa shape index (κ1) is 16.4. The second-order valence-corrected chi connectivity index (χ2v) is 3.74. The van der Waals surface area contributed by atoms with E-state index in [9.17, 15) is 9.59 Å². The molecule has 0 bridgehead atoms. The fraction of sp³-hybridized carbons (Fsp3) is 0.333. The lowest BCUT2D eigenvalue weighted by molar-refractivity contribution is -0.117. The highest BCUT2D eigenvalue weighted by Gasteiger charge is 2.02. The normalized spacial score (nSPS) is 9.39. The maximum atomic E-state index is 11.4. The molecule has 0 aliphatic rings. The molecular weight excluding hydrogens is 254 g/mol. The van der Waals surface area contributed by atoms with Crippen molar-refractivity contribution in [3.05, 3.63) is 29.8 Å². The number of amides is 2. The van der Waals surface area contributed by atoms with E-state index in [4.69, 9.17) is 5.73 Å². The molecule has 0 radical (unpaired) electrons. The lowest BCUT2D eigenvalue weighted by atomic mass is 10.1. The van der Waals surface area contributed by atoms with Gasteiger partial charge in [-0.1, -0.05) is 12.1 Å². The SMILES string of the molecule is CNCCC(=O)Nc1ccc(CC(N)=O)cc1.Cl. The Labute approximate surface area is 113 Å². The van der Waals surface area contributed by atoms with Crippen molar-refractivity contribution in [1.29, 1.82) is 0 Å². The number of anilines is 1. The Morgan fingerprint density at radius 1 is 1.22 bits per heavy atom. The average molecular weight is 272 g/mol. The molecule has 0 heterocycles. The molecule has 0 atom stereocenters. The second-order valence-electron chi connectivity index (χ2n) is 3.74. The monoisotopic (exact) mass is 271 g/mol. The quantitative estimate of drug-likeness (QED) is 0.712. The number of carbonyl (C=O) groups excluding carboxylic acids is 2. The molecule has 6 heteroatoms. The molecule has 0 fully saturated rings. The summed E-state index contributed by atoms with van der Waals surface area (Å²) in [5.41, 5.74) is 6.64. The van der Waals surface area contributed by atoms with Crippen LogP contribution in [0.3, 0.4) is 0 Å². The van der Waals surface area contributed by atoms with E-state index in [-0.39, 0.29) is 30.6 Å². The smallest absolute Gasteiger partial charge is 0.225 e. The summed E-state index contributed by atoms with van der Waals surface area (Å²) in [4.78, 5) is 22.1. The minimum atomic E-state index is -0.365. The van der Waals surface area contributed by atoms with Gasteiger partial charge in [-0.3, -0.25) is 9.59 Å². The Hall–Kier alpha value is -1.59. The number of nitrogens with two attached hydrogens (primary N) is 1. The van der Waals surface area contributed by atoms with Crippen molar-refractivity contribution in [2.24, 2.45) is 5.73 Å². The molecule has 0 saturated heterocycles. The van der Waals surface area contributed by atoms with Crippen LogP contribution in [0.5, 0.6) is 0 Å². The summed E-state index contributed by atoms with van der Waals surface area (Å²) >= 11 is 0. The summed E-state index contributed by atoms with van der Waals surface area (Å²) in [6, 6.07) is 7.07. The van der Waals surface area contributed by atoms with Crippen molar-refractivity contribution in [1.82, 2.24) is 5.32 Å². The van der Waals surface area contributed by atoms with Gasteiger partial charge in [-0.05, 0) is 24.7 Å². The summed E-state index contributed by atoms with van der Waals surface area (Å²) in [6.45, 7) is 0.644. The topological polar surface area (TPSA) is 84.2 Å². The van der Waals surface area contributed by atoms with Gasteiger partial charge in [0.05, 0.1) is 6.42 Å². The van der Waals surface area contributed by atoms with Gasteiger partial charge in [0.25, 0.3) is 0 Å². The molecule has 2 amide bonds. The highest BCUT2D eigenvalue weighted by Crippen LogP contribution is 2.10. The lowest BCUT2D eigenvalue weighted by Crippen LogP contribution is -2.18. The molecule has 0 aromatic heterocycles. The zero-order chi connectivity index (χ0) is 12.7. The maximum Gasteiger partial charge on any atom is 0.225 e. The van der Waals surface area contributed by atoms with Gasteiger partial charge in [0, 0.05) is 18.7 Å². The third kappa shape index (κ3) is 6.22. The van der Waals surface area contributed by atoms with E-state index < -0.39 is 0 Å². The summed E-state index contributed by atoms with van der Waals surface area (Å²) in [5.74, 6) is -0.405. The standard InChI is InChI=1S/C12H17N3O2.ClH/c1-14-7-6-12(17)15-10-4-2-9(3-5-10)8-11(13)16;/h2-5,14H,6-8H2,1H3,(H2,13,16)(H,15,17);1H. The highest BCUT2D eigenvalue weighted by molar-refractivity contribution is 5.90. The first-order valence-corrected chi connectivity index (χ1v) is 5.43. The second kappa shape index (κ2) is 8.49. The molecule has 100 valence electrons. The Balaban J connectivity index is 0.00000289. The Bertz CT molecular complexity index is 393. The van der Waals surface area contributed by atoms with Gasteiger partial charge in [-0.25, -0.2) is 0 Å². The molecule has 1 aromatic rings. The predicted molar refractivity (Wildman–Crippen MR) is 73.8 cm³/mol. The third-order valence-corrected chi connectivity index (χ3v) is 2.22. The van der Waals surface area contributed by atoms with Crippen LogP contribution in [0.2, 0.25) is 0 Å². The molecular formula is C12H18ClN3O2. The van der Waals surface area contributed by atoms with E-state index in [1.807, 2.05) is 0 Å². The van der Waals surface area contributed by atoms with Gasteiger partial charge < -0.3 is 16.4 Å². The van der Waals surface area contributed by atoms with E-state index in [1.54, 1.807) is 31.3 Å². The van der Waals surface area contributed by atoms with Gasteiger partial charge in [0.2, 0.25) is 11.8 Å². The van der Waals surface area contributed by atoms with E-state index in [1.165, 1.54) is 0 Å². The number of benzene rings is 1. The van der Waals surface area contributed by atoms with Crippen molar-refractivity contribution < 1.29 is 9.59 Å². The van der Waals surface area contributed by atoms with Gasteiger partial charge in [0.15, 0.2) is 0 Å². The van der Waals surface area contributed by atoms with Crippen LogP contribution in [0.15, 0.2) is 24.3 Å².